The number of benzene rings is 1. The van der Waals surface area contributed by atoms with E-state index in [0.717, 1.165) is 0 Å². The Morgan fingerprint density at radius 3 is 2.47 bits per heavy atom. The second-order valence-electron chi connectivity index (χ2n) is 4.01. The van der Waals surface area contributed by atoms with Crippen LogP contribution in [0.25, 0.3) is 0 Å². The van der Waals surface area contributed by atoms with Crippen molar-refractivity contribution in [3.63, 3.8) is 0 Å². The topological polar surface area (TPSA) is 29.5 Å². The second-order valence-corrected chi connectivity index (χ2v) is 4.45. The molecule has 2 atom stereocenters. The molecule has 0 fully saturated rings. The number of rotatable bonds is 4. The summed E-state index contributed by atoms with van der Waals surface area (Å²) in [5.41, 5.74) is 0. The van der Waals surface area contributed by atoms with Crippen LogP contribution >= 0.6 is 11.6 Å². The van der Waals surface area contributed by atoms with Gasteiger partial charge in [-0.25, -0.2) is 0 Å². The number of aliphatic hydroxyl groups is 1. The van der Waals surface area contributed by atoms with Gasteiger partial charge in [0.25, 0.3) is 0 Å². The van der Waals surface area contributed by atoms with Crippen LogP contribution in [0.4, 0.5) is 0 Å². The van der Waals surface area contributed by atoms with Crippen molar-refractivity contribution in [1.29, 1.82) is 0 Å². The van der Waals surface area contributed by atoms with E-state index in [2.05, 4.69) is 0 Å². The fraction of sp³-hybridized carbons (Fsp3) is 0.500. The van der Waals surface area contributed by atoms with Gasteiger partial charge in [-0.15, -0.1) is 0 Å². The van der Waals surface area contributed by atoms with Crippen LogP contribution in [0.1, 0.15) is 20.8 Å². The summed E-state index contributed by atoms with van der Waals surface area (Å²) in [6.07, 6.45) is -0.701. The number of hydrogen-bond acceptors (Lipinski definition) is 2. The molecule has 0 radical (unpaired) electrons. The first-order chi connectivity index (χ1) is 7.00. The van der Waals surface area contributed by atoms with Crippen LogP contribution < -0.4 is 4.74 Å². The Morgan fingerprint density at radius 1 is 1.27 bits per heavy atom. The lowest BCUT2D eigenvalue weighted by Crippen LogP contribution is -2.32. The molecule has 0 saturated heterocycles. The molecule has 0 amide bonds. The van der Waals surface area contributed by atoms with Gasteiger partial charge in [0.15, 0.2) is 0 Å². The number of halogens is 1. The molecule has 3 heteroatoms. The van der Waals surface area contributed by atoms with Crippen molar-refractivity contribution in [3.8, 4) is 5.75 Å². The quantitative estimate of drug-likeness (QED) is 0.858. The minimum absolute atomic E-state index is 0.180. The first-order valence-corrected chi connectivity index (χ1v) is 5.49. The van der Waals surface area contributed by atoms with E-state index in [1.807, 2.05) is 32.9 Å². The Morgan fingerprint density at radius 2 is 1.93 bits per heavy atom. The third kappa shape index (κ3) is 3.73. The summed E-state index contributed by atoms with van der Waals surface area (Å²) in [6.45, 7) is 5.77. The highest BCUT2D eigenvalue weighted by Gasteiger charge is 2.19. The normalized spacial score (nSPS) is 15.1. The smallest absolute Gasteiger partial charge is 0.122 e. The zero-order valence-electron chi connectivity index (χ0n) is 9.27. The number of hydrogen-bond donors (Lipinski definition) is 1. The standard InChI is InChI=1S/C12H17ClO2/c1-8(2)12(14)9(3)15-11-6-4-5-10(13)7-11/h4-9,12,14H,1-3H3. The second kappa shape index (κ2) is 5.38. The van der Waals surface area contributed by atoms with Gasteiger partial charge in [0.2, 0.25) is 0 Å². The van der Waals surface area contributed by atoms with Crippen LogP contribution in [0.3, 0.4) is 0 Å². The lowest BCUT2D eigenvalue weighted by Gasteiger charge is -2.23. The monoisotopic (exact) mass is 228 g/mol. The molecule has 1 N–H and O–H groups in total. The van der Waals surface area contributed by atoms with Crippen LogP contribution in [0.15, 0.2) is 24.3 Å². The predicted molar refractivity (Wildman–Crippen MR) is 62.4 cm³/mol. The van der Waals surface area contributed by atoms with E-state index in [0.29, 0.717) is 10.8 Å². The first kappa shape index (κ1) is 12.3. The zero-order valence-corrected chi connectivity index (χ0v) is 10.0. The van der Waals surface area contributed by atoms with Crippen molar-refractivity contribution < 1.29 is 9.84 Å². The van der Waals surface area contributed by atoms with Crippen molar-refractivity contribution in [2.24, 2.45) is 5.92 Å². The molecule has 0 spiro atoms. The Bertz CT molecular complexity index is 312. The third-order valence-corrected chi connectivity index (χ3v) is 2.52. The van der Waals surface area contributed by atoms with E-state index in [9.17, 15) is 5.11 Å². The molecular weight excluding hydrogens is 212 g/mol. The number of aliphatic hydroxyl groups excluding tert-OH is 1. The predicted octanol–water partition coefficient (Wildman–Crippen LogP) is 3.12. The lowest BCUT2D eigenvalue weighted by molar-refractivity contribution is 0.0168. The SMILES string of the molecule is CC(C)C(O)C(C)Oc1cccc(Cl)c1. The molecule has 0 aliphatic carbocycles. The molecule has 0 saturated carbocycles. The molecular formula is C12H17ClO2. The molecule has 0 heterocycles. The Balaban J connectivity index is 2.62. The molecule has 2 unspecified atom stereocenters. The average Bonchev–Trinajstić information content (AvgIpc) is 2.16. The number of ether oxygens (including phenoxy) is 1. The molecule has 0 aliphatic heterocycles. The van der Waals surface area contributed by atoms with Gasteiger partial charge in [0, 0.05) is 5.02 Å². The van der Waals surface area contributed by atoms with E-state index < -0.39 is 6.10 Å². The molecule has 0 aromatic heterocycles. The highest BCUT2D eigenvalue weighted by atomic mass is 35.5. The minimum atomic E-state index is -0.469. The summed E-state index contributed by atoms with van der Waals surface area (Å²) in [5.74, 6) is 0.869. The van der Waals surface area contributed by atoms with Gasteiger partial charge in [-0.2, -0.15) is 0 Å². The van der Waals surface area contributed by atoms with E-state index in [1.165, 1.54) is 0 Å². The maximum absolute atomic E-state index is 9.77. The van der Waals surface area contributed by atoms with Crippen LogP contribution in [0.2, 0.25) is 5.02 Å². The molecule has 1 aromatic carbocycles. The lowest BCUT2D eigenvalue weighted by atomic mass is 10.0. The summed E-state index contributed by atoms with van der Waals surface area (Å²) in [4.78, 5) is 0. The van der Waals surface area contributed by atoms with Crippen molar-refractivity contribution in [1.82, 2.24) is 0 Å². The van der Waals surface area contributed by atoms with E-state index in [-0.39, 0.29) is 12.0 Å². The Kier molecular flexibility index (Phi) is 4.43. The van der Waals surface area contributed by atoms with E-state index in [4.69, 9.17) is 16.3 Å². The third-order valence-electron chi connectivity index (χ3n) is 2.28. The van der Waals surface area contributed by atoms with Crippen molar-refractivity contribution in [3.05, 3.63) is 29.3 Å². The first-order valence-electron chi connectivity index (χ1n) is 5.11. The molecule has 84 valence electrons. The summed E-state index contributed by atoms with van der Waals surface area (Å²) in [5, 5.41) is 10.4. The van der Waals surface area contributed by atoms with Gasteiger partial charge in [0.1, 0.15) is 11.9 Å². The van der Waals surface area contributed by atoms with Crippen molar-refractivity contribution in [2.45, 2.75) is 33.0 Å². The van der Waals surface area contributed by atoms with Crippen LogP contribution in [0, 0.1) is 5.92 Å². The molecule has 15 heavy (non-hydrogen) atoms. The van der Waals surface area contributed by atoms with Crippen molar-refractivity contribution in [2.75, 3.05) is 0 Å². The van der Waals surface area contributed by atoms with Gasteiger partial charge in [0.05, 0.1) is 6.10 Å². The van der Waals surface area contributed by atoms with Crippen LogP contribution in [-0.4, -0.2) is 17.3 Å². The average molecular weight is 229 g/mol. The molecule has 1 rings (SSSR count). The maximum Gasteiger partial charge on any atom is 0.122 e. The van der Waals surface area contributed by atoms with Crippen molar-refractivity contribution >= 4 is 11.6 Å². The highest BCUT2D eigenvalue weighted by Crippen LogP contribution is 2.20. The zero-order chi connectivity index (χ0) is 11.4. The van der Waals surface area contributed by atoms with Gasteiger partial charge in [-0.05, 0) is 31.0 Å². The fourth-order valence-electron chi connectivity index (χ4n) is 1.37. The summed E-state index contributed by atoms with van der Waals surface area (Å²) in [6, 6.07) is 7.19. The Hall–Kier alpha value is -0.730. The molecule has 1 aromatic rings. The van der Waals surface area contributed by atoms with E-state index in [1.54, 1.807) is 12.1 Å². The van der Waals surface area contributed by atoms with Gasteiger partial charge in [-0.1, -0.05) is 31.5 Å². The molecule has 2 nitrogen and oxygen atoms in total. The van der Waals surface area contributed by atoms with E-state index >= 15 is 0 Å². The molecule has 0 aliphatic rings. The summed E-state index contributed by atoms with van der Waals surface area (Å²) in [7, 11) is 0. The Labute approximate surface area is 95.8 Å². The summed E-state index contributed by atoms with van der Waals surface area (Å²) >= 11 is 5.83. The summed E-state index contributed by atoms with van der Waals surface area (Å²) < 4.78 is 5.58. The fourth-order valence-corrected chi connectivity index (χ4v) is 1.55. The highest BCUT2D eigenvalue weighted by molar-refractivity contribution is 6.30. The van der Waals surface area contributed by atoms with Gasteiger partial charge >= 0.3 is 0 Å². The molecule has 0 bridgehead atoms. The van der Waals surface area contributed by atoms with Crippen LogP contribution in [-0.2, 0) is 0 Å². The maximum atomic E-state index is 9.77. The minimum Gasteiger partial charge on any atom is -0.488 e. The van der Waals surface area contributed by atoms with Gasteiger partial charge < -0.3 is 9.84 Å². The van der Waals surface area contributed by atoms with Crippen LogP contribution in [0.5, 0.6) is 5.75 Å². The van der Waals surface area contributed by atoms with Gasteiger partial charge in [-0.3, -0.25) is 0 Å². The largest absolute Gasteiger partial charge is 0.488 e.